The van der Waals surface area contributed by atoms with Crippen LogP contribution < -0.4 is 0 Å². The number of β-amino-alcohol motifs (C(OH)–C–C–N with tert-alkyl or cyclic N) is 1. The van der Waals surface area contributed by atoms with E-state index < -0.39 is 18.1 Å². The molecule has 1 fully saturated rings. The maximum Gasteiger partial charge on any atom is 0.328 e. The van der Waals surface area contributed by atoms with Gasteiger partial charge in [-0.05, 0) is 19.4 Å². The normalized spacial score (nSPS) is 21.4. The average Bonchev–Trinajstić information content (AvgIpc) is 2.87. The number of carbonyl (C=O) groups is 2. The number of aromatic nitrogens is 2. The van der Waals surface area contributed by atoms with E-state index in [0.717, 1.165) is 0 Å². The Balaban J connectivity index is 2.34. The van der Waals surface area contributed by atoms with Crippen molar-refractivity contribution in [3.8, 4) is 0 Å². The van der Waals surface area contributed by atoms with Crippen molar-refractivity contribution in [3.05, 3.63) is 23.0 Å². The van der Waals surface area contributed by atoms with Gasteiger partial charge in [-0.1, -0.05) is 6.92 Å². The predicted octanol–water partition coefficient (Wildman–Crippen LogP) is 0.0958. The van der Waals surface area contributed by atoms with Gasteiger partial charge in [0.05, 0.1) is 30.2 Å². The molecule has 0 aromatic carbocycles. The van der Waals surface area contributed by atoms with Crippen LogP contribution in [0.3, 0.4) is 0 Å². The number of amides is 1. The van der Waals surface area contributed by atoms with E-state index in [1.165, 1.54) is 12.0 Å². The smallest absolute Gasteiger partial charge is 0.328 e. The molecule has 1 aromatic heterocycles. The summed E-state index contributed by atoms with van der Waals surface area (Å²) in [5.74, 6) is -0.839. The zero-order valence-electron chi connectivity index (χ0n) is 12.4. The molecule has 21 heavy (non-hydrogen) atoms. The number of methoxy groups -OCH3 is 1. The Kier molecular flexibility index (Phi) is 4.52. The number of nitrogens with zero attached hydrogens (tertiary/aromatic N) is 3. The molecule has 0 saturated carbocycles. The molecule has 0 bridgehead atoms. The Hall–Kier alpha value is -2.02. The second kappa shape index (κ2) is 6.17. The quantitative estimate of drug-likeness (QED) is 0.794. The summed E-state index contributed by atoms with van der Waals surface area (Å²) >= 11 is 0. The van der Waals surface area contributed by atoms with Crippen molar-refractivity contribution in [1.82, 2.24) is 15.1 Å². The fraction of sp³-hybridized carbons (Fsp3) is 0.571. The molecule has 2 heterocycles. The van der Waals surface area contributed by atoms with Crippen LogP contribution in [-0.4, -0.2) is 57.9 Å². The second-order valence-electron chi connectivity index (χ2n) is 5.09. The third-order valence-electron chi connectivity index (χ3n) is 3.57. The number of likely N-dealkylation sites (tertiary alicyclic amines) is 1. The molecule has 7 nitrogen and oxygen atoms in total. The second-order valence-corrected chi connectivity index (χ2v) is 5.09. The zero-order valence-corrected chi connectivity index (χ0v) is 12.4. The van der Waals surface area contributed by atoms with E-state index in [1.54, 1.807) is 13.0 Å². The van der Waals surface area contributed by atoms with E-state index in [0.29, 0.717) is 23.4 Å². The third-order valence-corrected chi connectivity index (χ3v) is 3.57. The minimum absolute atomic E-state index is 0.114. The van der Waals surface area contributed by atoms with Crippen molar-refractivity contribution in [2.24, 2.45) is 0 Å². The largest absolute Gasteiger partial charge is 0.467 e. The van der Waals surface area contributed by atoms with Crippen molar-refractivity contribution in [3.63, 3.8) is 0 Å². The maximum absolute atomic E-state index is 12.7. The van der Waals surface area contributed by atoms with Crippen LogP contribution in [0.15, 0.2) is 6.07 Å². The van der Waals surface area contributed by atoms with Gasteiger partial charge >= 0.3 is 5.97 Å². The van der Waals surface area contributed by atoms with Gasteiger partial charge in [0.1, 0.15) is 6.04 Å². The number of hydrogen-bond donors (Lipinski definition) is 1. The summed E-state index contributed by atoms with van der Waals surface area (Å²) in [6, 6.07) is 0.906. The number of aliphatic hydroxyl groups is 1. The van der Waals surface area contributed by atoms with Gasteiger partial charge in [-0.15, -0.1) is 0 Å². The van der Waals surface area contributed by atoms with E-state index in [9.17, 15) is 14.7 Å². The summed E-state index contributed by atoms with van der Waals surface area (Å²) in [7, 11) is 1.27. The van der Waals surface area contributed by atoms with E-state index in [1.807, 2.05) is 6.92 Å². The van der Waals surface area contributed by atoms with E-state index in [-0.39, 0.29) is 18.9 Å². The van der Waals surface area contributed by atoms with Crippen LogP contribution in [-0.2, 0) is 16.0 Å². The van der Waals surface area contributed by atoms with Gasteiger partial charge in [0, 0.05) is 13.0 Å². The lowest BCUT2D eigenvalue weighted by atomic mass is 10.1. The van der Waals surface area contributed by atoms with Crippen LogP contribution in [0.25, 0.3) is 0 Å². The average molecular weight is 293 g/mol. The Morgan fingerprint density at radius 3 is 2.81 bits per heavy atom. The molecule has 0 radical (unpaired) electrons. The summed E-state index contributed by atoms with van der Waals surface area (Å²) in [6.07, 6.45) is 0.0318. The van der Waals surface area contributed by atoms with Gasteiger partial charge in [0.15, 0.2) is 0 Å². The number of aliphatic hydroxyl groups excluding tert-OH is 1. The molecule has 1 saturated heterocycles. The molecule has 114 valence electrons. The molecular weight excluding hydrogens is 274 g/mol. The van der Waals surface area contributed by atoms with Gasteiger partial charge in [-0.25, -0.2) is 4.79 Å². The van der Waals surface area contributed by atoms with Crippen molar-refractivity contribution >= 4 is 11.9 Å². The molecular formula is C14H19N3O4. The summed E-state index contributed by atoms with van der Waals surface area (Å²) in [6.45, 7) is 3.75. The number of aryl methyl sites for hydroxylation is 2. The first-order chi connectivity index (χ1) is 9.97. The zero-order chi connectivity index (χ0) is 15.6. The number of hydrogen-bond acceptors (Lipinski definition) is 6. The molecule has 1 aliphatic rings. The highest BCUT2D eigenvalue weighted by Crippen LogP contribution is 2.23. The minimum Gasteiger partial charge on any atom is -0.467 e. The molecule has 1 N–H and O–H groups in total. The first kappa shape index (κ1) is 15.4. The first-order valence-corrected chi connectivity index (χ1v) is 6.88. The highest BCUT2D eigenvalue weighted by atomic mass is 16.5. The number of esters is 1. The van der Waals surface area contributed by atoms with Crippen LogP contribution in [0.4, 0.5) is 0 Å². The Labute approximate surface area is 122 Å². The molecule has 0 aliphatic carbocycles. The molecule has 2 atom stereocenters. The predicted molar refractivity (Wildman–Crippen MR) is 73.6 cm³/mol. The van der Waals surface area contributed by atoms with Gasteiger partial charge < -0.3 is 14.7 Å². The highest BCUT2D eigenvalue weighted by Gasteiger charge is 2.40. The molecule has 2 unspecified atom stereocenters. The molecule has 1 amide bonds. The molecule has 1 aromatic rings. The van der Waals surface area contributed by atoms with Gasteiger partial charge in [0.25, 0.3) is 5.91 Å². The standard InChI is InChI=1S/C14H19N3O4/c1-4-11-10(5-8(2)15-16-11)13(19)17-7-9(18)6-12(17)14(20)21-3/h5,9,12,18H,4,6-7H2,1-3H3. The van der Waals surface area contributed by atoms with E-state index in [2.05, 4.69) is 10.2 Å². The minimum atomic E-state index is -0.754. The van der Waals surface area contributed by atoms with Crippen LogP contribution in [0.5, 0.6) is 0 Å². The monoisotopic (exact) mass is 293 g/mol. The first-order valence-electron chi connectivity index (χ1n) is 6.88. The van der Waals surface area contributed by atoms with Crippen molar-refractivity contribution in [1.29, 1.82) is 0 Å². The Morgan fingerprint density at radius 2 is 2.19 bits per heavy atom. The highest BCUT2D eigenvalue weighted by molar-refractivity contribution is 5.98. The summed E-state index contributed by atoms with van der Waals surface area (Å²) in [5, 5.41) is 17.7. The number of carbonyl (C=O) groups excluding carboxylic acids is 2. The Morgan fingerprint density at radius 1 is 1.48 bits per heavy atom. The Bertz CT molecular complexity index is 561. The lowest BCUT2D eigenvalue weighted by molar-refractivity contribution is -0.145. The summed E-state index contributed by atoms with van der Waals surface area (Å²) in [4.78, 5) is 25.8. The lowest BCUT2D eigenvalue weighted by Gasteiger charge is -2.23. The van der Waals surface area contributed by atoms with E-state index >= 15 is 0 Å². The fourth-order valence-corrected chi connectivity index (χ4v) is 2.51. The topological polar surface area (TPSA) is 92.6 Å². The van der Waals surface area contributed by atoms with E-state index in [4.69, 9.17) is 4.74 Å². The molecule has 7 heteroatoms. The molecule has 1 aliphatic heterocycles. The van der Waals surface area contributed by atoms with Gasteiger partial charge in [-0.2, -0.15) is 10.2 Å². The van der Waals surface area contributed by atoms with Crippen LogP contribution in [0.2, 0.25) is 0 Å². The van der Waals surface area contributed by atoms with Crippen molar-refractivity contribution in [2.45, 2.75) is 38.8 Å². The number of ether oxygens (including phenoxy) is 1. The van der Waals surface area contributed by atoms with Crippen molar-refractivity contribution in [2.75, 3.05) is 13.7 Å². The lowest BCUT2D eigenvalue weighted by Crippen LogP contribution is -2.41. The SMILES string of the molecule is CCc1nnc(C)cc1C(=O)N1CC(O)CC1C(=O)OC. The van der Waals surface area contributed by atoms with Crippen molar-refractivity contribution < 1.29 is 19.4 Å². The number of rotatable bonds is 3. The van der Waals surface area contributed by atoms with Crippen LogP contribution in [0, 0.1) is 6.92 Å². The van der Waals surface area contributed by atoms with Crippen LogP contribution in [0.1, 0.15) is 35.1 Å². The maximum atomic E-state index is 12.7. The molecule has 0 spiro atoms. The van der Waals surface area contributed by atoms with Gasteiger partial charge in [0.2, 0.25) is 0 Å². The molecule has 2 rings (SSSR count). The fourth-order valence-electron chi connectivity index (χ4n) is 2.51. The van der Waals surface area contributed by atoms with Crippen LogP contribution >= 0.6 is 0 Å². The van der Waals surface area contributed by atoms with Gasteiger partial charge in [-0.3, -0.25) is 4.79 Å². The summed E-state index contributed by atoms with van der Waals surface area (Å²) < 4.78 is 4.71. The summed E-state index contributed by atoms with van der Waals surface area (Å²) in [5.41, 5.74) is 1.63. The third kappa shape index (κ3) is 3.02.